The Kier molecular flexibility index (Phi) is 4.34. The molecular weight excluding hydrogens is 260 g/mol. The molecule has 0 aliphatic heterocycles. The summed E-state index contributed by atoms with van der Waals surface area (Å²) in [4.78, 5) is 15.2. The molecule has 0 radical (unpaired) electrons. The third kappa shape index (κ3) is 3.14. The molecular formula is C14H16N2O4. The van der Waals surface area contributed by atoms with Crippen molar-refractivity contribution in [1.82, 2.24) is 10.1 Å². The predicted octanol–water partition coefficient (Wildman–Crippen LogP) is 2.61. The van der Waals surface area contributed by atoms with Crippen LogP contribution in [0.15, 0.2) is 22.7 Å². The van der Waals surface area contributed by atoms with Crippen LogP contribution in [-0.4, -0.2) is 21.2 Å². The van der Waals surface area contributed by atoms with Crippen molar-refractivity contribution in [3.8, 4) is 5.75 Å². The first-order chi connectivity index (χ1) is 9.61. The van der Waals surface area contributed by atoms with E-state index in [0.29, 0.717) is 23.0 Å². The van der Waals surface area contributed by atoms with Crippen LogP contribution in [0, 0.1) is 6.92 Å². The molecule has 6 nitrogen and oxygen atoms in total. The second kappa shape index (κ2) is 6.18. The van der Waals surface area contributed by atoms with Crippen LogP contribution in [0.3, 0.4) is 0 Å². The summed E-state index contributed by atoms with van der Waals surface area (Å²) in [5.74, 6) is 0.562. The number of ether oxygens (including phenoxy) is 1. The summed E-state index contributed by atoms with van der Waals surface area (Å²) in [6, 6.07) is 4.89. The van der Waals surface area contributed by atoms with Gasteiger partial charge >= 0.3 is 5.97 Å². The normalized spacial score (nSPS) is 10.5. The highest BCUT2D eigenvalue weighted by Crippen LogP contribution is 2.22. The number of aromatic nitrogens is 2. The van der Waals surface area contributed by atoms with E-state index in [1.54, 1.807) is 19.1 Å². The molecule has 0 atom stereocenters. The molecule has 1 N–H and O–H groups in total. The first kappa shape index (κ1) is 14.0. The van der Waals surface area contributed by atoms with Crippen LogP contribution in [0.25, 0.3) is 0 Å². The molecule has 0 bridgehead atoms. The molecule has 2 rings (SSSR count). The third-order valence-electron chi connectivity index (χ3n) is 2.85. The lowest BCUT2D eigenvalue weighted by Crippen LogP contribution is -2.03. The lowest BCUT2D eigenvalue weighted by Gasteiger charge is -2.08. The molecule has 1 heterocycles. The highest BCUT2D eigenvalue weighted by Gasteiger charge is 2.12. The van der Waals surface area contributed by atoms with Crippen LogP contribution >= 0.6 is 0 Å². The number of hydrogen-bond donors (Lipinski definition) is 1. The van der Waals surface area contributed by atoms with Crippen molar-refractivity contribution in [3.05, 3.63) is 41.0 Å². The van der Waals surface area contributed by atoms with Crippen LogP contribution in [0.1, 0.15) is 41.0 Å². The van der Waals surface area contributed by atoms with Gasteiger partial charge in [-0.25, -0.2) is 4.79 Å². The lowest BCUT2D eigenvalue weighted by molar-refractivity contribution is 0.0695. The molecule has 0 saturated heterocycles. The van der Waals surface area contributed by atoms with Crippen LogP contribution < -0.4 is 4.74 Å². The molecule has 1 aromatic heterocycles. The number of hydrogen-bond acceptors (Lipinski definition) is 5. The molecule has 106 valence electrons. The minimum absolute atomic E-state index is 0.126. The van der Waals surface area contributed by atoms with E-state index >= 15 is 0 Å². The van der Waals surface area contributed by atoms with E-state index in [9.17, 15) is 4.79 Å². The summed E-state index contributed by atoms with van der Waals surface area (Å²) in [7, 11) is 0. The van der Waals surface area contributed by atoms with Crippen molar-refractivity contribution in [3.63, 3.8) is 0 Å². The predicted molar refractivity (Wildman–Crippen MR) is 70.8 cm³/mol. The molecule has 0 aliphatic carbocycles. The Balaban J connectivity index is 2.06. The van der Waals surface area contributed by atoms with Gasteiger partial charge in [-0.15, -0.1) is 0 Å². The summed E-state index contributed by atoms with van der Waals surface area (Å²) in [6.45, 7) is 3.86. The van der Waals surface area contributed by atoms with Gasteiger partial charge < -0.3 is 14.4 Å². The fraction of sp³-hybridized carbons (Fsp3) is 0.357. The number of carboxylic acid groups (broad SMARTS) is 1. The lowest BCUT2D eigenvalue weighted by atomic mass is 10.1. The highest BCUT2D eigenvalue weighted by molar-refractivity contribution is 5.90. The average molecular weight is 276 g/mol. The van der Waals surface area contributed by atoms with E-state index in [2.05, 4.69) is 10.1 Å². The number of benzene rings is 1. The van der Waals surface area contributed by atoms with Gasteiger partial charge in [-0.05, 0) is 25.5 Å². The number of nitrogens with zero attached hydrogens (tertiary/aromatic N) is 2. The van der Waals surface area contributed by atoms with Crippen molar-refractivity contribution < 1.29 is 19.2 Å². The number of aromatic carboxylic acids is 1. The summed E-state index contributed by atoms with van der Waals surface area (Å²) in [5, 5.41) is 12.9. The first-order valence-electron chi connectivity index (χ1n) is 6.39. The quantitative estimate of drug-likeness (QED) is 0.872. The van der Waals surface area contributed by atoms with Gasteiger partial charge in [0.1, 0.15) is 5.75 Å². The van der Waals surface area contributed by atoms with Gasteiger partial charge in [0.25, 0.3) is 5.89 Å². The molecule has 1 aromatic carbocycles. The van der Waals surface area contributed by atoms with E-state index < -0.39 is 5.97 Å². The second-order valence-corrected chi connectivity index (χ2v) is 4.38. The summed E-state index contributed by atoms with van der Waals surface area (Å²) >= 11 is 0. The zero-order valence-corrected chi connectivity index (χ0v) is 11.4. The van der Waals surface area contributed by atoms with Crippen molar-refractivity contribution in [1.29, 1.82) is 0 Å². The second-order valence-electron chi connectivity index (χ2n) is 4.38. The van der Waals surface area contributed by atoms with Crippen LogP contribution in [0.2, 0.25) is 0 Å². The van der Waals surface area contributed by atoms with E-state index in [1.807, 2.05) is 6.92 Å². The number of rotatable bonds is 6. The van der Waals surface area contributed by atoms with Gasteiger partial charge in [0.05, 0.1) is 5.56 Å². The maximum absolute atomic E-state index is 11.0. The summed E-state index contributed by atoms with van der Waals surface area (Å²) in [5.41, 5.74) is 0.799. The van der Waals surface area contributed by atoms with Crippen LogP contribution in [-0.2, 0) is 13.0 Å². The average Bonchev–Trinajstić information content (AvgIpc) is 2.85. The minimum atomic E-state index is -0.976. The largest absolute Gasteiger partial charge is 0.483 e. The third-order valence-corrected chi connectivity index (χ3v) is 2.85. The zero-order valence-electron chi connectivity index (χ0n) is 11.4. The zero-order chi connectivity index (χ0) is 14.5. The van der Waals surface area contributed by atoms with Crippen molar-refractivity contribution in [2.75, 3.05) is 0 Å². The molecule has 0 fully saturated rings. The fourth-order valence-electron chi connectivity index (χ4n) is 1.82. The first-order valence-corrected chi connectivity index (χ1v) is 6.39. The van der Waals surface area contributed by atoms with Gasteiger partial charge in [-0.1, -0.05) is 18.1 Å². The fourth-order valence-corrected chi connectivity index (χ4v) is 1.82. The Morgan fingerprint density at radius 3 is 2.95 bits per heavy atom. The molecule has 0 unspecified atom stereocenters. The number of carbonyl (C=O) groups is 1. The molecule has 0 aliphatic rings. The molecule has 0 saturated carbocycles. The van der Waals surface area contributed by atoms with E-state index in [1.165, 1.54) is 6.07 Å². The Hall–Kier alpha value is -2.37. The monoisotopic (exact) mass is 276 g/mol. The highest BCUT2D eigenvalue weighted by atomic mass is 16.5. The van der Waals surface area contributed by atoms with Crippen molar-refractivity contribution in [2.45, 2.75) is 33.3 Å². The van der Waals surface area contributed by atoms with Gasteiger partial charge in [0, 0.05) is 12.0 Å². The molecule has 0 amide bonds. The maximum Gasteiger partial charge on any atom is 0.336 e. The molecule has 2 aromatic rings. The minimum Gasteiger partial charge on any atom is -0.483 e. The Bertz CT molecular complexity index is 607. The SMILES string of the molecule is CCCc1noc(COc2cccc(C(=O)O)c2C)n1. The Morgan fingerprint density at radius 2 is 2.25 bits per heavy atom. The Labute approximate surface area is 116 Å². The maximum atomic E-state index is 11.0. The molecule has 6 heteroatoms. The van der Waals surface area contributed by atoms with E-state index in [0.717, 1.165) is 12.8 Å². The smallest absolute Gasteiger partial charge is 0.336 e. The molecule has 20 heavy (non-hydrogen) atoms. The van der Waals surface area contributed by atoms with Gasteiger partial charge in [-0.2, -0.15) is 4.98 Å². The van der Waals surface area contributed by atoms with E-state index in [-0.39, 0.29) is 12.2 Å². The van der Waals surface area contributed by atoms with Gasteiger partial charge in [-0.3, -0.25) is 0 Å². The van der Waals surface area contributed by atoms with Crippen LogP contribution in [0.5, 0.6) is 5.75 Å². The molecule has 0 spiro atoms. The van der Waals surface area contributed by atoms with Crippen molar-refractivity contribution in [2.24, 2.45) is 0 Å². The van der Waals surface area contributed by atoms with Gasteiger partial charge in [0.2, 0.25) is 0 Å². The van der Waals surface area contributed by atoms with Gasteiger partial charge in [0.15, 0.2) is 12.4 Å². The number of aryl methyl sites for hydroxylation is 1. The van der Waals surface area contributed by atoms with Crippen LogP contribution in [0.4, 0.5) is 0 Å². The van der Waals surface area contributed by atoms with E-state index in [4.69, 9.17) is 14.4 Å². The standard InChI is InChI=1S/C14H16N2O4/c1-3-5-12-15-13(20-16-12)8-19-11-7-4-6-10(9(11)2)14(17)18/h4,6-7H,3,5,8H2,1-2H3,(H,17,18). The Morgan fingerprint density at radius 1 is 1.45 bits per heavy atom. The summed E-state index contributed by atoms with van der Waals surface area (Å²) < 4.78 is 10.6. The summed E-state index contributed by atoms with van der Waals surface area (Å²) in [6.07, 6.45) is 1.70. The number of carboxylic acids is 1. The topological polar surface area (TPSA) is 85.5 Å². The van der Waals surface area contributed by atoms with Crippen molar-refractivity contribution >= 4 is 5.97 Å².